The highest BCUT2D eigenvalue weighted by Crippen LogP contribution is 2.09. The van der Waals surface area contributed by atoms with E-state index < -0.39 is 5.56 Å². The number of nitrogens with two attached hydrogens (primary N) is 1. The number of anilines is 1. The van der Waals surface area contributed by atoms with Crippen molar-refractivity contribution in [3.8, 4) is 0 Å². The molecule has 2 rings (SSSR count). The minimum absolute atomic E-state index is 0.357. The van der Waals surface area contributed by atoms with Gasteiger partial charge in [0.2, 0.25) is 0 Å². The van der Waals surface area contributed by atoms with Crippen LogP contribution in [0.25, 0.3) is 0 Å². The molecule has 0 bridgehead atoms. The molecule has 0 fully saturated rings. The average molecular weight is 324 g/mol. The largest absolute Gasteiger partial charge is 0.399 e. The highest BCUT2D eigenvalue weighted by molar-refractivity contribution is 9.10. The Hall–Kier alpha value is -1.82. The van der Waals surface area contributed by atoms with Crippen LogP contribution in [0.4, 0.5) is 5.69 Å². The van der Waals surface area contributed by atoms with E-state index in [0.29, 0.717) is 11.0 Å². The molecule has 0 aliphatic heterocycles. The highest BCUT2D eigenvalue weighted by atomic mass is 79.9. The Kier molecular flexibility index (Phi) is 4.21. The van der Waals surface area contributed by atoms with Gasteiger partial charge in [-0.3, -0.25) is 14.3 Å². The minimum Gasteiger partial charge on any atom is -0.399 e. The summed E-state index contributed by atoms with van der Waals surface area (Å²) in [7, 11) is 0. The number of benzene rings is 1. The number of hydrogen-bond donors (Lipinski definition) is 2. The van der Waals surface area contributed by atoms with E-state index in [2.05, 4.69) is 20.9 Å². The summed E-state index contributed by atoms with van der Waals surface area (Å²) in [4.78, 5) is 25.0. The number of halogens is 1. The molecule has 2 aromatic rings. The van der Waals surface area contributed by atoms with Gasteiger partial charge in [0.25, 0.3) is 5.56 Å². The molecule has 0 atom stereocenters. The fraction of sp³-hybridized carbons (Fsp3) is 0.231. The number of nitrogen functional groups attached to an aromatic ring is 1. The lowest BCUT2D eigenvalue weighted by atomic mass is 10.1. The second-order valence-corrected chi connectivity index (χ2v) is 5.13. The zero-order valence-corrected chi connectivity index (χ0v) is 11.8. The van der Waals surface area contributed by atoms with Gasteiger partial charge in [-0.15, -0.1) is 0 Å². The molecule has 3 N–H and O–H groups in total. The number of hydrogen-bond acceptors (Lipinski definition) is 3. The van der Waals surface area contributed by atoms with Gasteiger partial charge in [0.15, 0.2) is 0 Å². The van der Waals surface area contributed by atoms with Crippen molar-refractivity contribution >= 4 is 21.6 Å². The number of aromatic nitrogens is 2. The van der Waals surface area contributed by atoms with E-state index in [1.807, 2.05) is 24.3 Å². The molecule has 100 valence electrons. The molecule has 0 spiro atoms. The van der Waals surface area contributed by atoms with Crippen LogP contribution in [-0.4, -0.2) is 9.55 Å². The standard InChI is InChI=1S/C13H14BrN3O2/c14-11-8-17(13(19)16-12(11)18)6-2-4-9-3-1-5-10(15)7-9/h1,3,5,7-8H,2,4,6,15H2,(H,16,18,19). The molecular weight excluding hydrogens is 310 g/mol. The smallest absolute Gasteiger partial charge is 0.328 e. The van der Waals surface area contributed by atoms with Crippen LogP contribution in [0.1, 0.15) is 12.0 Å². The van der Waals surface area contributed by atoms with Crippen molar-refractivity contribution in [3.63, 3.8) is 0 Å². The number of aromatic amines is 1. The molecule has 19 heavy (non-hydrogen) atoms. The Morgan fingerprint density at radius 1 is 1.32 bits per heavy atom. The number of nitrogens with one attached hydrogen (secondary N) is 1. The first kappa shape index (κ1) is 13.6. The molecule has 6 heteroatoms. The Morgan fingerprint density at radius 3 is 2.84 bits per heavy atom. The van der Waals surface area contributed by atoms with Crippen LogP contribution in [0.3, 0.4) is 0 Å². The second-order valence-electron chi connectivity index (χ2n) is 4.28. The summed E-state index contributed by atoms with van der Waals surface area (Å²) in [5, 5.41) is 0. The van der Waals surface area contributed by atoms with Gasteiger partial charge in [0, 0.05) is 18.4 Å². The van der Waals surface area contributed by atoms with Crippen molar-refractivity contribution in [3.05, 3.63) is 61.3 Å². The Morgan fingerprint density at radius 2 is 2.11 bits per heavy atom. The minimum atomic E-state index is -0.405. The van der Waals surface area contributed by atoms with Gasteiger partial charge in [0.05, 0.1) is 4.47 Å². The third kappa shape index (κ3) is 3.57. The van der Waals surface area contributed by atoms with E-state index in [4.69, 9.17) is 5.73 Å². The van der Waals surface area contributed by atoms with Gasteiger partial charge in [-0.05, 0) is 46.5 Å². The maximum Gasteiger partial charge on any atom is 0.328 e. The van der Waals surface area contributed by atoms with Crippen molar-refractivity contribution in [2.24, 2.45) is 0 Å². The zero-order valence-electron chi connectivity index (χ0n) is 10.2. The van der Waals surface area contributed by atoms with Crippen LogP contribution < -0.4 is 17.0 Å². The first-order chi connectivity index (χ1) is 9.06. The fourth-order valence-corrected chi connectivity index (χ4v) is 2.20. The maximum atomic E-state index is 11.6. The molecule has 0 amide bonds. The van der Waals surface area contributed by atoms with Crippen LogP contribution in [-0.2, 0) is 13.0 Å². The van der Waals surface area contributed by atoms with Crippen molar-refractivity contribution in [2.45, 2.75) is 19.4 Å². The van der Waals surface area contributed by atoms with E-state index in [1.165, 1.54) is 10.8 Å². The lowest BCUT2D eigenvalue weighted by Crippen LogP contribution is -2.29. The lowest BCUT2D eigenvalue weighted by Gasteiger charge is -2.06. The number of H-pyrrole nitrogens is 1. The predicted octanol–water partition coefficient (Wildman–Crippen LogP) is 1.51. The molecule has 1 aromatic carbocycles. The van der Waals surface area contributed by atoms with Crippen LogP contribution in [0, 0.1) is 0 Å². The third-order valence-corrected chi connectivity index (χ3v) is 3.35. The van der Waals surface area contributed by atoms with E-state index in [1.54, 1.807) is 0 Å². The summed E-state index contributed by atoms with van der Waals surface area (Å²) in [5.74, 6) is 0. The van der Waals surface area contributed by atoms with Crippen molar-refractivity contribution in [1.29, 1.82) is 0 Å². The molecule has 1 aromatic heterocycles. The summed E-state index contributed by atoms with van der Waals surface area (Å²) in [5.41, 5.74) is 6.78. The van der Waals surface area contributed by atoms with Gasteiger partial charge in [-0.1, -0.05) is 12.1 Å². The Labute approximate surface area is 118 Å². The molecule has 0 saturated heterocycles. The van der Waals surface area contributed by atoms with E-state index in [0.717, 1.165) is 24.1 Å². The van der Waals surface area contributed by atoms with E-state index in [9.17, 15) is 9.59 Å². The van der Waals surface area contributed by atoms with Gasteiger partial charge < -0.3 is 5.73 Å². The lowest BCUT2D eigenvalue weighted by molar-refractivity contribution is 0.602. The average Bonchev–Trinajstić information content (AvgIpc) is 2.35. The zero-order chi connectivity index (χ0) is 13.8. The summed E-state index contributed by atoms with van der Waals surface area (Å²) in [6.45, 7) is 0.545. The van der Waals surface area contributed by atoms with E-state index >= 15 is 0 Å². The molecule has 0 aliphatic rings. The summed E-state index contributed by atoms with van der Waals surface area (Å²) < 4.78 is 1.84. The number of nitrogens with zero attached hydrogens (tertiary/aromatic N) is 1. The third-order valence-electron chi connectivity index (χ3n) is 2.78. The molecule has 1 heterocycles. The SMILES string of the molecule is Nc1cccc(CCCn2cc(Br)c(=O)[nH]c2=O)c1. The topological polar surface area (TPSA) is 80.9 Å². The Bertz CT molecular complexity index is 691. The van der Waals surface area contributed by atoms with Crippen LogP contribution in [0.2, 0.25) is 0 Å². The first-order valence-electron chi connectivity index (χ1n) is 5.90. The first-order valence-corrected chi connectivity index (χ1v) is 6.69. The molecule has 0 radical (unpaired) electrons. The summed E-state index contributed by atoms with van der Waals surface area (Å²) >= 11 is 3.11. The molecule has 5 nitrogen and oxygen atoms in total. The maximum absolute atomic E-state index is 11.6. The van der Waals surface area contributed by atoms with Crippen molar-refractivity contribution < 1.29 is 0 Å². The normalized spacial score (nSPS) is 10.6. The summed E-state index contributed by atoms with van der Waals surface area (Å²) in [6.07, 6.45) is 3.14. The highest BCUT2D eigenvalue weighted by Gasteiger charge is 2.02. The van der Waals surface area contributed by atoms with Crippen LogP contribution in [0.5, 0.6) is 0 Å². The van der Waals surface area contributed by atoms with E-state index in [-0.39, 0.29) is 5.69 Å². The molecular formula is C13H14BrN3O2. The van der Waals surface area contributed by atoms with Crippen LogP contribution in [0.15, 0.2) is 44.5 Å². The van der Waals surface area contributed by atoms with Gasteiger partial charge >= 0.3 is 5.69 Å². The van der Waals surface area contributed by atoms with Gasteiger partial charge in [-0.25, -0.2) is 4.79 Å². The van der Waals surface area contributed by atoms with Crippen molar-refractivity contribution in [2.75, 3.05) is 5.73 Å². The number of aryl methyl sites for hydroxylation is 2. The fourth-order valence-electron chi connectivity index (χ4n) is 1.85. The number of rotatable bonds is 4. The van der Waals surface area contributed by atoms with Crippen molar-refractivity contribution in [1.82, 2.24) is 9.55 Å². The molecule has 0 unspecified atom stereocenters. The second kappa shape index (κ2) is 5.88. The Balaban J connectivity index is 2.02. The van der Waals surface area contributed by atoms with Crippen LogP contribution >= 0.6 is 15.9 Å². The molecule has 0 saturated carbocycles. The summed E-state index contributed by atoms with van der Waals surface area (Å²) in [6, 6.07) is 7.67. The monoisotopic (exact) mass is 323 g/mol. The molecule has 0 aliphatic carbocycles. The van der Waals surface area contributed by atoms with Gasteiger partial charge in [0.1, 0.15) is 0 Å². The van der Waals surface area contributed by atoms with Gasteiger partial charge in [-0.2, -0.15) is 0 Å². The predicted molar refractivity (Wildman–Crippen MR) is 78.2 cm³/mol. The quantitative estimate of drug-likeness (QED) is 0.837.